The highest BCUT2D eigenvalue weighted by Gasteiger charge is 2.28. The Kier molecular flexibility index (Phi) is 5.31. The predicted octanol–water partition coefficient (Wildman–Crippen LogP) is 2.77. The first-order chi connectivity index (χ1) is 14.5. The second kappa shape index (κ2) is 8.06. The summed E-state index contributed by atoms with van der Waals surface area (Å²) in [5, 5.41) is 16.5. The van der Waals surface area contributed by atoms with Crippen LogP contribution in [-0.4, -0.2) is 46.1 Å². The third-order valence-electron chi connectivity index (χ3n) is 4.78. The Balaban J connectivity index is 1.81. The van der Waals surface area contributed by atoms with E-state index in [9.17, 15) is 19.2 Å². The number of carbonyl (C=O) groups excluding carboxylic acids is 2. The first-order valence-electron chi connectivity index (χ1n) is 9.04. The van der Waals surface area contributed by atoms with E-state index >= 15 is 0 Å². The van der Waals surface area contributed by atoms with Gasteiger partial charge in [-0.1, -0.05) is 17.7 Å². The van der Waals surface area contributed by atoms with Crippen molar-refractivity contribution in [2.24, 2.45) is 0 Å². The van der Waals surface area contributed by atoms with Crippen molar-refractivity contribution in [3.05, 3.63) is 70.6 Å². The highest BCUT2D eigenvalue weighted by molar-refractivity contribution is 6.31. The van der Waals surface area contributed by atoms with Crippen molar-refractivity contribution in [2.45, 2.75) is 6.04 Å². The van der Waals surface area contributed by atoms with Crippen LogP contribution in [0.4, 0.5) is 4.39 Å². The van der Waals surface area contributed by atoms with Crippen LogP contribution in [0, 0.1) is 17.1 Å². The van der Waals surface area contributed by atoms with Gasteiger partial charge in [-0.25, -0.2) is 9.07 Å². The van der Waals surface area contributed by atoms with Crippen molar-refractivity contribution < 1.29 is 14.0 Å². The molecule has 30 heavy (non-hydrogen) atoms. The number of hydrogen-bond acceptors (Lipinski definition) is 5. The molecule has 1 fully saturated rings. The molecule has 1 unspecified atom stereocenters. The fourth-order valence-electron chi connectivity index (χ4n) is 3.25. The molecular weight excluding hydrogens is 409 g/mol. The lowest BCUT2D eigenvalue weighted by Gasteiger charge is -2.12. The minimum absolute atomic E-state index is 0.0588. The van der Waals surface area contributed by atoms with E-state index in [4.69, 9.17) is 11.6 Å². The summed E-state index contributed by atoms with van der Waals surface area (Å²) in [6.07, 6.45) is 0.755. The molecule has 7 nitrogen and oxygen atoms in total. The number of benzene rings is 2. The minimum Gasteiger partial charge on any atom is -0.322 e. The smallest absolute Gasteiger partial charge is 0.275 e. The molecule has 1 saturated heterocycles. The van der Waals surface area contributed by atoms with Gasteiger partial charge in [0.2, 0.25) is 0 Å². The molecule has 1 N–H and O–H groups in total. The zero-order valence-corrected chi connectivity index (χ0v) is 16.3. The van der Waals surface area contributed by atoms with Gasteiger partial charge in [0.15, 0.2) is 5.69 Å². The van der Waals surface area contributed by atoms with Crippen LogP contribution in [0.2, 0.25) is 5.02 Å². The first-order valence-corrected chi connectivity index (χ1v) is 9.42. The number of aromatic nitrogens is 2. The van der Waals surface area contributed by atoms with Gasteiger partial charge in [-0.05, 0) is 42.5 Å². The average molecular weight is 424 g/mol. The molecular formula is C21H15ClFN5O2. The Hall–Kier alpha value is -3.54. The topological polar surface area (TPSA) is 91.0 Å². The number of nitriles is 1. The molecule has 0 aliphatic carbocycles. The van der Waals surface area contributed by atoms with Crippen molar-refractivity contribution in [2.75, 3.05) is 13.2 Å². The van der Waals surface area contributed by atoms with Gasteiger partial charge >= 0.3 is 0 Å². The van der Waals surface area contributed by atoms with E-state index in [0.717, 1.165) is 6.29 Å². The van der Waals surface area contributed by atoms with E-state index in [1.807, 2.05) is 0 Å². The molecule has 0 radical (unpaired) electrons. The molecule has 9 heteroatoms. The third-order valence-corrected chi connectivity index (χ3v) is 5.07. The quantitative estimate of drug-likeness (QED) is 0.651. The van der Waals surface area contributed by atoms with Crippen molar-refractivity contribution in [1.29, 1.82) is 5.26 Å². The molecule has 0 bridgehead atoms. The van der Waals surface area contributed by atoms with Crippen LogP contribution in [0.25, 0.3) is 16.9 Å². The van der Waals surface area contributed by atoms with Crippen LogP contribution in [-0.2, 0) is 4.79 Å². The molecule has 1 aliphatic heterocycles. The molecule has 1 aliphatic rings. The molecule has 2 heterocycles. The van der Waals surface area contributed by atoms with Crippen LogP contribution in [0.5, 0.6) is 0 Å². The Morgan fingerprint density at radius 3 is 2.83 bits per heavy atom. The van der Waals surface area contributed by atoms with Gasteiger partial charge in [-0.2, -0.15) is 10.4 Å². The summed E-state index contributed by atoms with van der Waals surface area (Å²) in [5.74, 6) is -0.909. The SMILES string of the molecule is N#Cc1cccc(-n2nc(C(=O)N3CNC(C=O)C3)cc2-c2ccc(F)c(Cl)c2)c1. The zero-order chi connectivity index (χ0) is 21.3. The van der Waals surface area contributed by atoms with Gasteiger partial charge in [-0.15, -0.1) is 0 Å². The van der Waals surface area contributed by atoms with E-state index < -0.39 is 11.9 Å². The van der Waals surface area contributed by atoms with Crippen LogP contribution in [0.1, 0.15) is 16.1 Å². The Labute approximate surface area is 176 Å². The number of nitrogens with zero attached hydrogens (tertiary/aromatic N) is 4. The lowest BCUT2D eigenvalue weighted by atomic mass is 10.1. The van der Waals surface area contributed by atoms with Gasteiger partial charge in [-0.3, -0.25) is 10.1 Å². The maximum absolute atomic E-state index is 13.7. The number of hydrogen-bond donors (Lipinski definition) is 1. The average Bonchev–Trinajstić information content (AvgIpc) is 3.43. The maximum atomic E-state index is 13.7. The second-order valence-electron chi connectivity index (χ2n) is 6.75. The monoisotopic (exact) mass is 423 g/mol. The fraction of sp³-hybridized carbons (Fsp3) is 0.143. The number of carbonyl (C=O) groups is 2. The Morgan fingerprint density at radius 1 is 1.30 bits per heavy atom. The van der Waals surface area contributed by atoms with Gasteiger partial charge in [0.05, 0.1) is 40.7 Å². The van der Waals surface area contributed by atoms with Crippen LogP contribution < -0.4 is 5.32 Å². The summed E-state index contributed by atoms with van der Waals surface area (Å²) in [4.78, 5) is 25.4. The van der Waals surface area contributed by atoms with Crippen LogP contribution in [0.3, 0.4) is 0 Å². The van der Waals surface area contributed by atoms with E-state index in [0.29, 0.717) is 22.5 Å². The standard InChI is InChI=1S/C21H15ClFN5O2/c22-17-7-14(4-5-18(17)23)20-8-19(21(30)27-10-15(11-29)25-12-27)26-28(20)16-3-1-2-13(6-16)9-24/h1-8,11,15,25H,10,12H2. The highest BCUT2D eigenvalue weighted by atomic mass is 35.5. The van der Waals surface area contributed by atoms with Crippen molar-refractivity contribution >= 4 is 23.8 Å². The molecule has 1 aromatic heterocycles. The van der Waals surface area contributed by atoms with Gasteiger partial charge in [0, 0.05) is 12.1 Å². The molecule has 0 spiro atoms. The molecule has 150 valence electrons. The van der Waals surface area contributed by atoms with Crippen molar-refractivity contribution in [1.82, 2.24) is 20.0 Å². The Bertz CT molecular complexity index is 1190. The van der Waals surface area contributed by atoms with E-state index in [1.54, 1.807) is 30.3 Å². The first kappa shape index (κ1) is 19.8. The maximum Gasteiger partial charge on any atom is 0.275 e. The van der Waals surface area contributed by atoms with E-state index in [1.165, 1.54) is 27.8 Å². The molecule has 1 amide bonds. The molecule has 2 aromatic carbocycles. The largest absolute Gasteiger partial charge is 0.322 e. The van der Waals surface area contributed by atoms with Crippen molar-refractivity contribution in [3.63, 3.8) is 0 Å². The normalized spacial score (nSPS) is 15.8. The third kappa shape index (κ3) is 3.68. The minimum atomic E-state index is -0.558. The summed E-state index contributed by atoms with van der Waals surface area (Å²) in [7, 11) is 0. The van der Waals surface area contributed by atoms with E-state index in [-0.39, 0.29) is 29.8 Å². The van der Waals surface area contributed by atoms with Gasteiger partial charge in [0.1, 0.15) is 12.1 Å². The summed E-state index contributed by atoms with van der Waals surface area (Å²) in [6, 6.07) is 14.2. The molecule has 4 rings (SSSR count). The summed E-state index contributed by atoms with van der Waals surface area (Å²) in [6.45, 7) is 0.480. The lowest BCUT2D eigenvalue weighted by Crippen LogP contribution is -2.30. The fourth-order valence-corrected chi connectivity index (χ4v) is 3.43. The van der Waals surface area contributed by atoms with Crippen LogP contribution in [0.15, 0.2) is 48.5 Å². The number of nitrogens with one attached hydrogen (secondary N) is 1. The predicted molar refractivity (Wildman–Crippen MR) is 108 cm³/mol. The number of halogens is 2. The summed E-state index contributed by atoms with van der Waals surface area (Å²) in [5.41, 5.74) is 2.21. The molecule has 1 atom stereocenters. The van der Waals surface area contributed by atoms with E-state index in [2.05, 4.69) is 16.5 Å². The van der Waals surface area contributed by atoms with Gasteiger partial charge < -0.3 is 9.69 Å². The second-order valence-corrected chi connectivity index (χ2v) is 7.16. The van der Waals surface area contributed by atoms with Gasteiger partial charge in [0.25, 0.3) is 5.91 Å². The summed E-state index contributed by atoms with van der Waals surface area (Å²) >= 11 is 5.95. The zero-order valence-electron chi connectivity index (χ0n) is 15.5. The molecule has 3 aromatic rings. The van der Waals surface area contributed by atoms with Crippen LogP contribution >= 0.6 is 11.6 Å². The highest BCUT2D eigenvalue weighted by Crippen LogP contribution is 2.28. The van der Waals surface area contributed by atoms with Crippen molar-refractivity contribution in [3.8, 4) is 23.0 Å². The number of rotatable bonds is 4. The lowest BCUT2D eigenvalue weighted by molar-refractivity contribution is -0.109. The Morgan fingerprint density at radius 2 is 2.13 bits per heavy atom. The molecule has 0 saturated carbocycles. The number of amides is 1. The summed E-state index contributed by atoms with van der Waals surface area (Å²) < 4.78 is 15.2. The number of aldehydes is 1.